The number of nitrogens with zero attached hydrogens (tertiary/aromatic N) is 2. The number of anilines is 1. The largest absolute Gasteiger partial charge is 0.457 e. The number of aromatic amines is 1. The SMILES string of the molecule is CC(C)(O)C(=O)N[C@H]1CC[C@@H](Nc2ncnc3[nH]cc(C(=O)c4ccc(Oc5ccccc5)cc4Cl)c23)CC1. The van der Waals surface area contributed by atoms with Gasteiger partial charge in [-0.1, -0.05) is 29.8 Å². The Morgan fingerprint density at radius 1 is 1.00 bits per heavy atom. The Morgan fingerprint density at radius 2 is 1.72 bits per heavy atom. The molecule has 0 radical (unpaired) electrons. The zero-order valence-corrected chi connectivity index (χ0v) is 22.5. The fraction of sp³-hybridized carbons (Fsp3) is 0.310. The molecule has 0 unspecified atom stereocenters. The first-order valence-corrected chi connectivity index (χ1v) is 13.3. The minimum Gasteiger partial charge on any atom is -0.457 e. The van der Waals surface area contributed by atoms with Crippen LogP contribution in [0.2, 0.25) is 5.02 Å². The van der Waals surface area contributed by atoms with E-state index < -0.39 is 5.60 Å². The molecule has 202 valence electrons. The van der Waals surface area contributed by atoms with E-state index >= 15 is 0 Å². The molecule has 0 saturated heterocycles. The van der Waals surface area contributed by atoms with Crippen LogP contribution in [0.15, 0.2) is 61.1 Å². The van der Waals surface area contributed by atoms with E-state index in [9.17, 15) is 14.7 Å². The van der Waals surface area contributed by atoms with Crippen LogP contribution in [0.1, 0.15) is 55.5 Å². The highest BCUT2D eigenvalue weighted by molar-refractivity contribution is 6.35. The Morgan fingerprint density at radius 3 is 2.41 bits per heavy atom. The molecule has 4 N–H and O–H groups in total. The van der Waals surface area contributed by atoms with Gasteiger partial charge in [0.15, 0.2) is 5.78 Å². The average Bonchev–Trinajstić information content (AvgIpc) is 3.35. The molecule has 10 heteroatoms. The van der Waals surface area contributed by atoms with Gasteiger partial charge in [0.05, 0.1) is 16.0 Å². The van der Waals surface area contributed by atoms with Crippen molar-refractivity contribution in [2.75, 3.05) is 5.32 Å². The lowest BCUT2D eigenvalue weighted by atomic mass is 9.90. The highest BCUT2D eigenvalue weighted by atomic mass is 35.5. The summed E-state index contributed by atoms with van der Waals surface area (Å²) in [6.07, 6.45) is 6.20. The number of rotatable bonds is 8. The van der Waals surface area contributed by atoms with Gasteiger partial charge in [0, 0.05) is 29.9 Å². The second-order valence-electron chi connectivity index (χ2n) is 10.3. The number of hydrogen-bond donors (Lipinski definition) is 4. The van der Waals surface area contributed by atoms with Crippen molar-refractivity contribution in [2.45, 2.75) is 57.2 Å². The van der Waals surface area contributed by atoms with Crippen LogP contribution in [0.5, 0.6) is 11.5 Å². The lowest BCUT2D eigenvalue weighted by Crippen LogP contribution is -2.48. The summed E-state index contributed by atoms with van der Waals surface area (Å²) in [5.41, 5.74) is -0.104. The van der Waals surface area contributed by atoms with Crippen LogP contribution >= 0.6 is 11.6 Å². The molecule has 2 aromatic heterocycles. The topological polar surface area (TPSA) is 129 Å². The van der Waals surface area contributed by atoms with E-state index in [1.807, 2.05) is 30.3 Å². The molecule has 9 nitrogen and oxygen atoms in total. The van der Waals surface area contributed by atoms with Crippen LogP contribution in [0.25, 0.3) is 11.0 Å². The van der Waals surface area contributed by atoms with E-state index in [1.54, 1.807) is 24.4 Å². The number of carbonyl (C=O) groups is 2. The molecule has 5 rings (SSSR count). The Kier molecular flexibility index (Phi) is 7.54. The fourth-order valence-electron chi connectivity index (χ4n) is 4.70. The first-order chi connectivity index (χ1) is 18.7. The van der Waals surface area contributed by atoms with Gasteiger partial charge in [-0.25, -0.2) is 9.97 Å². The molecular weight excluding hydrogens is 518 g/mol. The van der Waals surface area contributed by atoms with Gasteiger partial charge in [0.2, 0.25) is 0 Å². The second-order valence-corrected chi connectivity index (χ2v) is 10.7. The molecular formula is C29H30ClN5O4. The third-order valence-electron chi connectivity index (χ3n) is 6.84. The van der Waals surface area contributed by atoms with Crippen LogP contribution in [0.4, 0.5) is 5.82 Å². The number of ether oxygens (including phenoxy) is 1. The summed E-state index contributed by atoms with van der Waals surface area (Å²) in [6, 6.07) is 14.4. The summed E-state index contributed by atoms with van der Waals surface area (Å²) in [5, 5.41) is 17.2. The van der Waals surface area contributed by atoms with Gasteiger partial charge < -0.3 is 25.5 Å². The quantitative estimate of drug-likeness (QED) is 0.222. The molecule has 1 fully saturated rings. The van der Waals surface area contributed by atoms with E-state index in [4.69, 9.17) is 16.3 Å². The number of amides is 1. The van der Waals surface area contributed by atoms with Gasteiger partial charge in [0.25, 0.3) is 5.91 Å². The second kappa shape index (κ2) is 11.0. The highest BCUT2D eigenvalue weighted by Gasteiger charge is 2.29. The molecule has 39 heavy (non-hydrogen) atoms. The maximum absolute atomic E-state index is 13.6. The number of aromatic nitrogens is 3. The zero-order chi connectivity index (χ0) is 27.6. The zero-order valence-electron chi connectivity index (χ0n) is 21.7. The monoisotopic (exact) mass is 547 g/mol. The van der Waals surface area contributed by atoms with Crippen molar-refractivity contribution in [3.8, 4) is 11.5 Å². The van der Waals surface area contributed by atoms with Gasteiger partial charge in [0.1, 0.15) is 34.9 Å². The predicted molar refractivity (Wildman–Crippen MR) is 149 cm³/mol. The number of benzene rings is 2. The third-order valence-corrected chi connectivity index (χ3v) is 7.15. The van der Waals surface area contributed by atoms with E-state index in [0.717, 1.165) is 25.7 Å². The number of H-pyrrole nitrogens is 1. The number of halogens is 1. The van der Waals surface area contributed by atoms with E-state index in [1.165, 1.54) is 20.2 Å². The summed E-state index contributed by atoms with van der Waals surface area (Å²) in [4.78, 5) is 37.5. The minimum atomic E-state index is -1.41. The predicted octanol–water partition coefficient (Wildman–Crippen LogP) is 5.24. The number of carbonyl (C=O) groups excluding carboxylic acids is 2. The molecule has 0 aliphatic heterocycles. The molecule has 4 aromatic rings. The van der Waals surface area contributed by atoms with Gasteiger partial charge in [-0.3, -0.25) is 9.59 Å². The van der Waals surface area contributed by atoms with Gasteiger partial charge in [-0.05, 0) is 63.8 Å². The smallest absolute Gasteiger partial charge is 0.251 e. The summed E-state index contributed by atoms with van der Waals surface area (Å²) >= 11 is 6.53. The van der Waals surface area contributed by atoms with E-state index in [-0.39, 0.29) is 28.8 Å². The maximum atomic E-state index is 13.6. The van der Waals surface area contributed by atoms with Crippen LogP contribution in [-0.2, 0) is 4.79 Å². The molecule has 0 atom stereocenters. The summed E-state index contributed by atoms with van der Waals surface area (Å²) < 4.78 is 5.84. The Bertz CT molecular complexity index is 1490. The van der Waals surface area contributed by atoms with Crippen LogP contribution in [-0.4, -0.2) is 49.4 Å². The molecule has 1 aliphatic carbocycles. The minimum absolute atomic E-state index is 0.00720. The van der Waals surface area contributed by atoms with Crippen molar-refractivity contribution in [3.63, 3.8) is 0 Å². The molecule has 1 aliphatic rings. The van der Waals surface area contributed by atoms with Crippen LogP contribution < -0.4 is 15.4 Å². The third kappa shape index (κ3) is 6.05. The lowest BCUT2D eigenvalue weighted by Gasteiger charge is -2.31. The fourth-order valence-corrected chi connectivity index (χ4v) is 4.96. The van der Waals surface area contributed by atoms with Gasteiger partial charge in [-0.2, -0.15) is 0 Å². The van der Waals surface area contributed by atoms with Gasteiger partial charge >= 0.3 is 0 Å². The Balaban J connectivity index is 1.31. The normalized spacial score (nSPS) is 17.5. The van der Waals surface area contributed by atoms with Crippen molar-refractivity contribution < 1.29 is 19.4 Å². The van der Waals surface area contributed by atoms with Crippen molar-refractivity contribution in [1.29, 1.82) is 0 Å². The molecule has 2 aromatic carbocycles. The number of fused-ring (bicyclic) bond motifs is 1. The standard InChI is InChI=1S/C29H30ClN5O4/c1-29(2,38)28(37)35-18-10-8-17(9-11-18)34-27-24-22(15-31-26(24)32-16-33-27)25(36)21-13-12-20(14-23(21)30)39-19-6-4-3-5-7-19/h3-7,12-18,38H,8-11H2,1-2H3,(H,35,37)(H2,31,32,33,34)/t17-,18+. The number of nitrogens with one attached hydrogen (secondary N) is 3. The first-order valence-electron chi connectivity index (χ1n) is 12.9. The Hall–Kier alpha value is -3.95. The molecule has 1 amide bonds. The average molecular weight is 548 g/mol. The lowest BCUT2D eigenvalue weighted by molar-refractivity contribution is -0.137. The summed E-state index contributed by atoms with van der Waals surface area (Å²) in [7, 11) is 0. The van der Waals surface area contributed by atoms with Gasteiger partial charge in [-0.15, -0.1) is 0 Å². The molecule has 1 saturated carbocycles. The van der Waals surface area contributed by atoms with Crippen molar-refractivity contribution >= 4 is 40.1 Å². The Labute approximate surface area is 231 Å². The van der Waals surface area contributed by atoms with E-state index in [0.29, 0.717) is 39.5 Å². The van der Waals surface area contributed by atoms with Crippen molar-refractivity contribution in [2.24, 2.45) is 0 Å². The number of para-hydroxylation sites is 1. The maximum Gasteiger partial charge on any atom is 0.251 e. The molecule has 0 bridgehead atoms. The van der Waals surface area contributed by atoms with E-state index in [2.05, 4.69) is 25.6 Å². The molecule has 0 spiro atoms. The van der Waals surface area contributed by atoms with Crippen molar-refractivity contribution in [1.82, 2.24) is 20.3 Å². The summed E-state index contributed by atoms with van der Waals surface area (Å²) in [6.45, 7) is 2.96. The summed E-state index contributed by atoms with van der Waals surface area (Å²) in [5.74, 6) is 1.14. The number of hydrogen-bond acceptors (Lipinski definition) is 7. The molecule has 2 heterocycles. The first kappa shape index (κ1) is 26.6. The van der Waals surface area contributed by atoms with Crippen molar-refractivity contribution in [3.05, 3.63) is 77.2 Å². The van der Waals surface area contributed by atoms with Crippen LogP contribution in [0, 0.1) is 0 Å². The number of aliphatic hydroxyl groups is 1. The number of ketones is 1. The highest BCUT2D eigenvalue weighted by Crippen LogP contribution is 2.32. The van der Waals surface area contributed by atoms with Crippen LogP contribution in [0.3, 0.4) is 0 Å².